The van der Waals surface area contributed by atoms with E-state index in [1.807, 2.05) is 26.0 Å². The summed E-state index contributed by atoms with van der Waals surface area (Å²) in [7, 11) is -3.27. The van der Waals surface area contributed by atoms with Crippen LogP contribution >= 0.6 is 0 Å². The van der Waals surface area contributed by atoms with E-state index in [1.54, 1.807) is 13.8 Å². The lowest BCUT2D eigenvalue weighted by Crippen LogP contribution is -2.42. The maximum Gasteiger partial charge on any atom is 0.227 e. The number of rotatable bonds is 7. The van der Waals surface area contributed by atoms with Crippen molar-refractivity contribution in [3.63, 3.8) is 0 Å². The Morgan fingerprint density at radius 3 is 2.23 bits per heavy atom. The lowest BCUT2D eigenvalue weighted by atomic mass is 9.86. The van der Waals surface area contributed by atoms with Crippen molar-refractivity contribution in [1.29, 1.82) is 0 Å². The molecule has 2 fully saturated rings. The molecule has 1 aromatic carbocycles. The van der Waals surface area contributed by atoms with Crippen LogP contribution in [0.1, 0.15) is 76.3 Å². The molecule has 1 amide bonds. The summed E-state index contributed by atoms with van der Waals surface area (Å²) in [6, 6.07) is 3.83. The van der Waals surface area contributed by atoms with Crippen LogP contribution < -0.4 is 14.8 Å². The zero-order valence-electron chi connectivity index (χ0n) is 18.7. The Labute approximate surface area is 181 Å². The molecule has 1 aromatic rings. The lowest BCUT2D eigenvalue weighted by molar-refractivity contribution is -0.120. The van der Waals surface area contributed by atoms with E-state index in [2.05, 4.69) is 10.0 Å². The summed E-state index contributed by atoms with van der Waals surface area (Å²) in [4.78, 5) is 12.8. The van der Waals surface area contributed by atoms with Crippen molar-refractivity contribution in [2.45, 2.75) is 96.5 Å². The molecule has 7 heteroatoms. The quantitative estimate of drug-likeness (QED) is 0.661. The molecular weight excluding hydrogens is 400 g/mol. The molecule has 0 bridgehead atoms. The highest BCUT2D eigenvalue weighted by Crippen LogP contribution is 2.32. The Balaban J connectivity index is 1.55. The average molecular weight is 437 g/mol. The second-order valence-corrected chi connectivity index (χ2v) is 11.4. The zero-order valence-corrected chi connectivity index (χ0v) is 19.5. The van der Waals surface area contributed by atoms with Crippen LogP contribution in [0, 0.1) is 19.8 Å². The highest BCUT2D eigenvalue weighted by Gasteiger charge is 2.30. The number of ether oxygens (including phenoxy) is 1. The van der Waals surface area contributed by atoms with Crippen LogP contribution in [0.5, 0.6) is 5.75 Å². The van der Waals surface area contributed by atoms with Gasteiger partial charge in [-0.15, -0.1) is 0 Å². The highest BCUT2D eigenvalue weighted by molar-refractivity contribution is 7.90. The predicted molar refractivity (Wildman–Crippen MR) is 120 cm³/mol. The summed E-state index contributed by atoms with van der Waals surface area (Å²) in [5.74, 6) is 0.849. The molecular formula is C23H36N2O4S. The van der Waals surface area contributed by atoms with E-state index in [9.17, 15) is 13.2 Å². The minimum absolute atomic E-state index is 0.0205. The zero-order chi connectivity index (χ0) is 21.9. The smallest absolute Gasteiger partial charge is 0.227 e. The Kier molecular flexibility index (Phi) is 7.45. The minimum atomic E-state index is -3.27. The SMILES string of the molecule is Cc1c(NC(=O)[C@H]2CC[C@H](NS(=O)(=O)C(C)C)CC2)ccc(OC2CCCC2)c1C. The second-order valence-electron chi connectivity index (χ2n) is 9.13. The maximum absolute atomic E-state index is 12.8. The molecule has 0 aromatic heterocycles. The van der Waals surface area contributed by atoms with E-state index in [-0.39, 0.29) is 17.9 Å². The number of nitrogens with one attached hydrogen (secondary N) is 2. The molecule has 6 nitrogen and oxygen atoms in total. The number of amides is 1. The Morgan fingerprint density at radius 2 is 1.63 bits per heavy atom. The van der Waals surface area contributed by atoms with Gasteiger partial charge in [0, 0.05) is 17.6 Å². The molecule has 0 atom stereocenters. The van der Waals surface area contributed by atoms with Gasteiger partial charge in [-0.25, -0.2) is 13.1 Å². The average Bonchev–Trinajstić information content (AvgIpc) is 3.21. The first-order chi connectivity index (χ1) is 14.2. The van der Waals surface area contributed by atoms with E-state index in [0.29, 0.717) is 31.8 Å². The highest BCUT2D eigenvalue weighted by atomic mass is 32.2. The monoisotopic (exact) mass is 436 g/mol. The predicted octanol–water partition coefficient (Wildman–Crippen LogP) is 4.45. The van der Waals surface area contributed by atoms with Crippen LogP contribution in [0.2, 0.25) is 0 Å². The van der Waals surface area contributed by atoms with Crippen molar-refractivity contribution in [1.82, 2.24) is 4.72 Å². The van der Waals surface area contributed by atoms with Crippen LogP contribution in [0.4, 0.5) is 5.69 Å². The number of benzene rings is 1. The Hall–Kier alpha value is -1.60. The molecule has 0 saturated heterocycles. The van der Waals surface area contributed by atoms with E-state index in [0.717, 1.165) is 35.4 Å². The number of anilines is 1. The van der Waals surface area contributed by atoms with Gasteiger partial charge in [-0.05, 0) is 102 Å². The fourth-order valence-electron chi connectivity index (χ4n) is 4.32. The first kappa shape index (κ1) is 23.1. The number of hydrogen-bond donors (Lipinski definition) is 2. The normalized spacial score (nSPS) is 23.0. The summed E-state index contributed by atoms with van der Waals surface area (Å²) < 4.78 is 33.1. The number of carbonyl (C=O) groups excluding carboxylic acids is 1. The number of hydrogen-bond acceptors (Lipinski definition) is 4. The minimum Gasteiger partial charge on any atom is -0.490 e. The molecule has 0 spiro atoms. The van der Waals surface area contributed by atoms with Crippen molar-refractivity contribution >= 4 is 21.6 Å². The van der Waals surface area contributed by atoms with Gasteiger partial charge in [0.15, 0.2) is 0 Å². The van der Waals surface area contributed by atoms with E-state index in [1.165, 1.54) is 12.8 Å². The number of carbonyl (C=O) groups is 1. The van der Waals surface area contributed by atoms with Crippen LogP contribution in [0.25, 0.3) is 0 Å². The molecule has 30 heavy (non-hydrogen) atoms. The summed E-state index contributed by atoms with van der Waals surface area (Å²) in [5.41, 5.74) is 2.95. The standard InChI is InChI=1S/C23H36N2O4S/c1-15(2)30(27,28)25-19-11-9-18(10-12-19)23(26)24-21-13-14-22(17(4)16(21)3)29-20-7-5-6-8-20/h13-15,18-20,25H,5-12H2,1-4H3,(H,24,26)/t18-,19-. The lowest BCUT2D eigenvalue weighted by Gasteiger charge is -2.29. The molecule has 2 aliphatic rings. The third-order valence-corrected chi connectivity index (χ3v) is 8.54. The van der Waals surface area contributed by atoms with Crippen molar-refractivity contribution in [2.75, 3.05) is 5.32 Å². The molecule has 0 heterocycles. The van der Waals surface area contributed by atoms with Crippen molar-refractivity contribution in [3.8, 4) is 5.75 Å². The van der Waals surface area contributed by atoms with Gasteiger partial charge >= 0.3 is 0 Å². The molecule has 2 saturated carbocycles. The third-order valence-electron chi connectivity index (χ3n) is 6.64. The first-order valence-electron chi connectivity index (χ1n) is 11.3. The van der Waals surface area contributed by atoms with Crippen LogP contribution in [0.3, 0.4) is 0 Å². The van der Waals surface area contributed by atoms with Crippen LogP contribution in [-0.2, 0) is 14.8 Å². The van der Waals surface area contributed by atoms with Crippen molar-refractivity contribution < 1.29 is 17.9 Å². The maximum atomic E-state index is 12.8. The van der Waals surface area contributed by atoms with E-state index in [4.69, 9.17) is 4.74 Å². The van der Waals surface area contributed by atoms with Crippen LogP contribution in [-0.4, -0.2) is 31.7 Å². The van der Waals surface area contributed by atoms with Crippen molar-refractivity contribution in [3.05, 3.63) is 23.3 Å². The summed E-state index contributed by atoms with van der Waals surface area (Å²) in [6.45, 7) is 7.41. The van der Waals surface area contributed by atoms with Gasteiger partial charge in [-0.2, -0.15) is 0 Å². The topological polar surface area (TPSA) is 84.5 Å². The Morgan fingerprint density at radius 1 is 1.00 bits per heavy atom. The van der Waals surface area contributed by atoms with Gasteiger partial charge in [0.2, 0.25) is 15.9 Å². The molecule has 2 aliphatic carbocycles. The van der Waals surface area contributed by atoms with Gasteiger partial charge in [-0.1, -0.05) is 0 Å². The number of sulfonamides is 1. The second kappa shape index (κ2) is 9.69. The molecule has 0 aliphatic heterocycles. The molecule has 3 rings (SSSR count). The van der Waals surface area contributed by atoms with Gasteiger partial charge in [-0.3, -0.25) is 4.79 Å². The fraction of sp³-hybridized carbons (Fsp3) is 0.696. The fourth-order valence-corrected chi connectivity index (χ4v) is 5.29. The first-order valence-corrected chi connectivity index (χ1v) is 12.8. The molecule has 0 radical (unpaired) electrons. The summed E-state index contributed by atoms with van der Waals surface area (Å²) in [6.07, 6.45) is 7.78. The van der Waals surface area contributed by atoms with E-state index < -0.39 is 15.3 Å². The largest absolute Gasteiger partial charge is 0.490 e. The van der Waals surface area contributed by atoms with Gasteiger partial charge in [0.1, 0.15) is 5.75 Å². The third kappa shape index (κ3) is 5.55. The van der Waals surface area contributed by atoms with Gasteiger partial charge in [0.05, 0.1) is 11.4 Å². The summed E-state index contributed by atoms with van der Waals surface area (Å²) >= 11 is 0. The summed E-state index contributed by atoms with van der Waals surface area (Å²) in [5, 5.41) is 2.65. The van der Waals surface area contributed by atoms with Gasteiger partial charge in [0.25, 0.3) is 0 Å². The van der Waals surface area contributed by atoms with Crippen molar-refractivity contribution in [2.24, 2.45) is 5.92 Å². The van der Waals surface area contributed by atoms with E-state index >= 15 is 0 Å². The Bertz CT molecular complexity index is 852. The molecule has 2 N–H and O–H groups in total. The van der Waals surface area contributed by atoms with Crippen LogP contribution in [0.15, 0.2) is 12.1 Å². The molecule has 168 valence electrons. The van der Waals surface area contributed by atoms with Gasteiger partial charge < -0.3 is 10.1 Å². The molecule has 0 unspecified atom stereocenters.